The van der Waals surface area contributed by atoms with Crippen LogP contribution in [0.25, 0.3) is 0 Å². The van der Waals surface area contributed by atoms with E-state index in [0.717, 1.165) is 11.3 Å². The fourth-order valence-electron chi connectivity index (χ4n) is 1.99. The van der Waals surface area contributed by atoms with Crippen LogP contribution in [0, 0.1) is 6.92 Å². The molecule has 1 aromatic heterocycles. The molecular formula is C17H22N4O2. The monoisotopic (exact) mass is 314 g/mol. The highest BCUT2D eigenvalue weighted by atomic mass is 16.5. The zero-order valence-corrected chi connectivity index (χ0v) is 14.1. The van der Waals surface area contributed by atoms with Crippen LogP contribution in [0.1, 0.15) is 36.8 Å². The lowest BCUT2D eigenvalue weighted by molar-refractivity contribution is 0.0914. The van der Waals surface area contributed by atoms with Crippen molar-refractivity contribution in [1.29, 1.82) is 0 Å². The number of anilines is 2. The SMILES string of the molecule is COc1ccc(C)cc1Nc1nccc(C(=O)NC(C)(C)C)n1. The number of rotatable bonds is 4. The lowest BCUT2D eigenvalue weighted by Gasteiger charge is -2.20. The minimum Gasteiger partial charge on any atom is -0.495 e. The summed E-state index contributed by atoms with van der Waals surface area (Å²) in [6.45, 7) is 7.74. The van der Waals surface area contributed by atoms with Gasteiger partial charge in [0.25, 0.3) is 5.91 Å². The van der Waals surface area contributed by atoms with Crippen LogP contribution in [-0.2, 0) is 0 Å². The molecule has 1 heterocycles. The number of carbonyl (C=O) groups is 1. The molecule has 0 bridgehead atoms. The van der Waals surface area contributed by atoms with Crippen molar-refractivity contribution in [3.63, 3.8) is 0 Å². The Bertz CT molecular complexity index is 708. The van der Waals surface area contributed by atoms with Crippen LogP contribution in [-0.4, -0.2) is 28.5 Å². The Balaban J connectivity index is 2.24. The number of aromatic nitrogens is 2. The topological polar surface area (TPSA) is 76.1 Å². The first kappa shape index (κ1) is 16.7. The summed E-state index contributed by atoms with van der Waals surface area (Å²) < 4.78 is 5.32. The van der Waals surface area contributed by atoms with E-state index in [1.54, 1.807) is 19.4 Å². The van der Waals surface area contributed by atoms with Gasteiger partial charge < -0.3 is 15.4 Å². The van der Waals surface area contributed by atoms with Gasteiger partial charge in [0.05, 0.1) is 12.8 Å². The number of nitrogens with one attached hydrogen (secondary N) is 2. The Morgan fingerprint density at radius 2 is 1.96 bits per heavy atom. The second-order valence-corrected chi connectivity index (χ2v) is 6.30. The smallest absolute Gasteiger partial charge is 0.270 e. The van der Waals surface area contributed by atoms with E-state index in [0.29, 0.717) is 17.4 Å². The fourth-order valence-corrected chi connectivity index (χ4v) is 1.99. The largest absolute Gasteiger partial charge is 0.495 e. The third kappa shape index (κ3) is 4.67. The van der Waals surface area contributed by atoms with Gasteiger partial charge in [-0.2, -0.15) is 0 Å². The molecule has 0 unspecified atom stereocenters. The molecule has 2 rings (SSSR count). The van der Waals surface area contributed by atoms with Crippen molar-refractivity contribution in [3.8, 4) is 5.75 Å². The van der Waals surface area contributed by atoms with E-state index in [-0.39, 0.29) is 11.4 Å². The van der Waals surface area contributed by atoms with Gasteiger partial charge in [0.1, 0.15) is 11.4 Å². The van der Waals surface area contributed by atoms with E-state index in [9.17, 15) is 4.79 Å². The predicted octanol–water partition coefficient (Wildman–Crippen LogP) is 3.07. The molecule has 0 atom stereocenters. The lowest BCUT2D eigenvalue weighted by atomic mass is 10.1. The molecule has 0 aliphatic heterocycles. The molecule has 1 aromatic carbocycles. The highest BCUT2D eigenvalue weighted by Crippen LogP contribution is 2.27. The molecule has 122 valence electrons. The third-order valence-corrected chi connectivity index (χ3v) is 2.98. The van der Waals surface area contributed by atoms with Gasteiger partial charge >= 0.3 is 0 Å². The summed E-state index contributed by atoms with van der Waals surface area (Å²) in [7, 11) is 1.60. The zero-order chi connectivity index (χ0) is 17.0. The van der Waals surface area contributed by atoms with Crippen molar-refractivity contribution in [2.45, 2.75) is 33.2 Å². The summed E-state index contributed by atoms with van der Waals surface area (Å²) in [6.07, 6.45) is 1.55. The molecule has 2 N–H and O–H groups in total. The first-order valence-electron chi connectivity index (χ1n) is 7.36. The summed E-state index contributed by atoms with van der Waals surface area (Å²) in [5.74, 6) is 0.790. The van der Waals surface area contributed by atoms with Crippen LogP contribution in [0.15, 0.2) is 30.5 Å². The van der Waals surface area contributed by atoms with Gasteiger partial charge in [-0.1, -0.05) is 6.07 Å². The van der Waals surface area contributed by atoms with Crippen molar-refractivity contribution in [3.05, 3.63) is 41.7 Å². The maximum Gasteiger partial charge on any atom is 0.270 e. The molecule has 0 saturated carbocycles. The predicted molar refractivity (Wildman–Crippen MR) is 90.3 cm³/mol. The van der Waals surface area contributed by atoms with E-state index >= 15 is 0 Å². The number of hydrogen-bond acceptors (Lipinski definition) is 5. The van der Waals surface area contributed by atoms with Gasteiger partial charge in [0, 0.05) is 11.7 Å². The molecule has 0 fully saturated rings. The first-order valence-corrected chi connectivity index (χ1v) is 7.36. The van der Waals surface area contributed by atoms with Crippen molar-refractivity contribution in [2.24, 2.45) is 0 Å². The number of hydrogen-bond donors (Lipinski definition) is 2. The molecule has 0 spiro atoms. The highest BCUT2D eigenvalue weighted by molar-refractivity contribution is 5.93. The van der Waals surface area contributed by atoms with E-state index < -0.39 is 0 Å². The van der Waals surface area contributed by atoms with Gasteiger partial charge in [0.2, 0.25) is 5.95 Å². The maximum atomic E-state index is 12.2. The van der Waals surface area contributed by atoms with Gasteiger partial charge in [0.15, 0.2) is 0 Å². The van der Waals surface area contributed by atoms with Crippen molar-refractivity contribution in [2.75, 3.05) is 12.4 Å². The first-order chi connectivity index (χ1) is 10.8. The third-order valence-electron chi connectivity index (χ3n) is 2.98. The van der Waals surface area contributed by atoms with Crippen LogP contribution >= 0.6 is 0 Å². The Hall–Kier alpha value is -2.63. The molecule has 2 aromatic rings. The van der Waals surface area contributed by atoms with E-state index in [1.807, 2.05) is 45.9 Å². The Morgan fingerprint density at radius 1 is 1.22 bits per heavy atom. The molecular weight excluding hydrogens is 292 g/mol. The summed E-state index contributed by atoms with van der Waals surface area (Å²) in [5, 5.41) is 5.97. The highest BCUT2D eigenvalue weighted by Gasteiger charge is 2.17. The minimum atomic E-state index is -0.324. The molecule has 0 aliphatic rings. The summed E-state index contributed by atoms with van der Waals surface area (Å²) in [5.41, 5.74) is 1.81. The van der Waals surface area contributed by atoms with Gasteiger partial charge in [-0.05, 0) is 51.5 Å². The van der Waals surface area contributed by atoms with Crippen LogP contribution in [0.5, 0.6) is 5.75 Å². The molecule has 0 saturated heterocycles. The van der Waals surface area contributed by atoms with Crippen molar-refractivity contribution >= 4 is 17.5 Å². The normalized spacial score (nSPS) is 11.0. The molecule has 6 heteroatoms. The number of aryl methyl sites for hydroxylation is 1. The Morgan fingerprint density at radius 3 is 2.61 bits per heavy atom. The number of carbonyl (C=O) groups excluding carboxylic acids is 1. The Labute approximate surface area is 136 Å². The summed E-state index contributed by atoms with van der Waals surface area (Å²) in [4.78, 5) is 20.6. The molecule has 0 aliphatic carbocycles. The number of benzene rings is 1. The summed E-state index contributed by atoms with van der Waals surface area (Å²) >= 11 is 0. The Kier molecular flexibility index (Phi) is 4.83. The molecule has 1 amide bonds. The maximum absolute atomic E-state index is 12.2. The van der Waals surface area contributed by atoms with E-state index in [4.69, 9.17) is 4.74 Å². The van der Waals surface area contributed by atoms with Gasteiger partial charge in [-0.25, -0.2) is 9.97 Å². The molecule has 6 nitrogen and oxygen atoms in total. The number of ether oxygens (including phenoxy) is 1. The van der Waals surface area contributed by atoms with Gasteiger partial charge in [-0.3, -0.25) is 4.79 Å². The lowest BCUT2D eigenvalue weighted by Crippen LogP contribution is -2.41. The van der Waals surface area contributed by atoms with Crippen LogP contribution < -0.4 is 15.4 Å². The number of amides is 1. The second-order valence-electron chi connectivity index (χ2n) is 6.30. The van der Waals surface area contributed by atoms with Crippen LogP contribution in [0.4, 0.5) is 11.6 Å². The van der Waals surface area contributed by atoms with Crippen LogP contribution in [0.3, 0.4) is 0 Å². The molecule has 23 heavy (non-hydrogen) atoms. The number of methoxy groups -OCH3 is 1. The van der Waals surface area contributed by atoms with Crippen LogP contribution in [0.2, 0.25) is 0 Å². The van der Waals surface area contributed by atoms with Gasteiger partial charge in [-0.15, -0.1) is 0 Å². The fraction of sp³-hybridized carbons (Fsp3) is 0.353. The van der Waals surface area contributed by atoms with Crippen molar-refractivity contribution in [1.82, 2.24) is 15.3 Å². The second kappa shape index (κ2) is 6.64. The number of nitrogens with zero attached hydrogens (tertiary/aromatic N) is 2. The molecule has 0 radical (unpaired) electrons. The average Bonchev–Trinajstić information content (AvgIpc) is 2.46. The van der Waals surface area contributed by atoms with E-state index in [1.165, 1.54) is 0 Å². The van der Waals surface area contributed by atoms with Crippen molar-refractivity contribution < 1.29 is 9.53 Å². The quantitative estimate of drug-likeness (QED) is 0.907. The average molecular weight is 314 g/mol. The minimum absolute atomic E-state index is 0.237. The summed E-state index contributed by atoms with van der Waals surface area (Å²) in [6, 6.07) is 7.34. The zero-order valence-electron chi connectivity index (χ0n) is 14.1. The standard InChI is InChI=1S/C17H22N4O2/c1-11-6-7-14(23-5)13(10-11)20-16-18-9-8-12(19-16)15(22)21-17(2,3)4/h6-10H,1-5H3,(H,21,22)(H,18,19,20). The van der Waals surface area contributed by atoms with E-state index in [2.05, 4.69) is 20.6 Å².